The van der Waals surface area contributed by atoms with Crippen molar-refractivity contribution < 1.29 is 14.3 Å². The molecule has 0 amide bonds. The molecule has 1 aliphatic heterocycles. The maximum absolute atomic E-state index is 13.1. The number of esters is 1. The molecule has 1 N–H and O–H groups in total. The molecule has 0 saturated heterocycles. The number of anilines is 1. The minimum atomic E-state index is -1.29. The Balaban J connectivity index is 1.38. The Morgan fingerprint density at radius 3 is 2.65 bits per heavy atom. The third kappa shape index (κ3) is 3.73. The van der Waals surface area contributed by atoms with Gasteiger partial charge in [0.15, 0.2) is 5.01 Å². The molecule has 2 heterocycles. The summed E-state index contributed by atoms with van der Waals surface area (Å²) >= 11 is 1.40. The molecule has 0 radical (unpaired) electrons. The van der Waals surface area contributed by atoms with Gasteiger partial charge in [0.25, 0.3) is 11.6 Å². The van der Waals surface area contributed by atoms with E-state index in [-0.39, 0.29) is 6.54 Å². The number of aryl methyl sites for hydroxylation is 2. The van der Waals surface area contributed by atoms with Crippen LogP contribution in [0.2, 0.25) is 0 Å². The molecule has 2 aromatic rings. The zero-order valence-electron chi connectivity index (χ0n) is 18.0. The van der Waals surface area contributed by atoms with Gasteiger partial charge < -0.3 is 14.8 Å². The zero-order valence-corrected chi connectivity index (χ0v) is 18.9. The highest BCUT2D eigenvalue weighted by molar-refractivity contribution is 7.09. The maximum Gasteiger partial charge on any atom is 0.359 e. The second kappa shape index (κ2) is 8.61. The summed E-state index contributed by atoms with van der Waals surface area (Å²) in [6.07, 6.45) is 11.5. The van der Waals surface area contributed by atoms with Crippen LogP contribution in [0.4, 0.5) is 5.69 Å². The summed E-state index contributed by atoms with van der Waals surface area (Å²) < 4.78 is 11.9. The molecule has 0 fully saturated rings. The number of hydrogen-bond acceptors (Lipinski definition) is 7. The van der Waals surface area contributed by atoms with Crippen molar-refractivity contribution in [2.45, 2.75) is 70.3 Å². The van der Waals surface area contributed by atoms with Crippen LogP contribution in [0.3, 0.4) is 0 Å². The summed E-state index contributed by atoms with van der Waals surface area (Å²) in [5, 5.41) is 5.94. The molecule has 5 rings (SSSR count). The first-order valence-corrected chi connectivity index (χ1v) is 12.3. The van der Waals surface area contributed by atoms with E-state index < -0.39 is 11.6 Å². The molecule has 1 aromatic heterocycles. The zero-order chi connectivity index (χ0) is 21.3. The van der Waals surface area contributed by atoms with Gasteiger partial charge in [-0.15, -0.1) is 11.3 Å². The Morgan fingerprint density at radius 1 is 1.19 bits per heavy atom. The Hall–Kier alpha value is -2.41. The third-order valence-electron chi connectivity index (χ3n) is 6.51. The first kappa shape index (κ1) is 20.5. The van der Waals surface area contributed by atoms with Gasteiger partial charge >= 0.3 is 5.97 Å². The quantitative estimate of drug-likeness (QED) is 0.506. The molecule has 1 aromatic carbocycles. The van der Waals surface area contributed by atoms with Crippen LogP contribution < -0.4 is 5.32 Å². The van der Waals surface area contributed by atoms with Crippen LogP contribution in [0, 0.1) is 0 Å². The number of rotatable bonds is 7. The Morgan fingerprint density at radius 2 is 1.97 bits per heavy atom. The van der Waals surface area contributed by atoms with Gasteiger partial charge in [0.2, 0.25) is 0 Å². The van der Waals surface area contributed by atoms with Gasteiger partial charge in [0.05, 0.1) is 6.61 Å². The number of aliphatic imine (C=N–C) groups is 1. The van der Waals surface area contributed by atoms with Crippen molar-refractivity contribution in [3.63, 3.8) is 0 Å². The van der Waals surface area contributed by atoms with Crippen LogP contribution in [0.25, 0.3) is 0 Å². The minimum Gasteiger partial charge on any atom is -0.462 e. The van der Waals surface area contributed by atoms with Gasteiger partial charge in [-0.05, 0) is 67.2 Å². The van der Waals surface area contributed by atoms with Crippen molar-refractivity contribution in [1.82, 2.24) is 4.98 Å². The number of benzene rings is 1. The normalized spacial score (nSPS) is 21.4. The first-order chi connectivity index (χ1) is 15.2. The second-order valence-corrected chi connectivity index (χ2v) is 9.48. The lowest BCUT2D eigenvalue weighted by Crippen LogP contribution is -2.42. The number of amidine groups is 1. The fourth-order valence-electron chi connectivity index (χ4n) is 4.91. The van der Waals surface area contributed by atoms with Crippen molar-refractivity contribution >= 4 is 29.0 Å². The topological polar surface area (TPSA) is 72.8 Å². The lowest BCUT2D eigenvalue weighted by Gasteiger charge is -2.24. The monoisotopic (exact) mass is 439 g/mol. The van der Waals surface area contributed by atoms with E-state index >= 15 is 0 Å². The standard InChI is InChI=1S/C24H29N3O3S/c1-2-3-4-12-29-22(28)24(21-25-11-13-31-21)15-26-23(30-24)27-20-18-9-5-7-16(18)14-17-8-6-10-19(17)20/h11,13-14H,2-10,12,15H2,1H3,(H,26,27). The highest BCUT2D eigenvalue weighted by atomic mass is 32.1. The Kier molecular flexibility index (Phi) is 5.69. The molecule has 31 heavy (non-hydrogen) atoms. The van der Waals surface area contributed by atoms with E-state index in [0.717, 1.165) is 50.6 Å². The van der Waals surface area contributed by atoms with E-state index in [1.807, 2.05) is 5.38 Å². The van der Waals surface area contributed by atoms with Crippen LogP contribution in [0.5, 0.6) is 0 Å². The summed E-state index contributed by atoms with van der Waals surface area (Å²) in [5.74, 6) is -0.400. The van der Waals surface area contributed by atoms with Crippen LogP contribution in [-0.4, -0.2) is 30.1 Å². The average molecular weight is 440 g/mol. The molecular weight excluding hydrogens is 410 g/mol. The summed E-state index contributed by atoms with van der Waals surface area (Å²) in [5.41, 5.74) is 5.55. The third-order valence-corrected chi connectivity index (χ3v) is 7.43. The highest BCUT2D eigenvalue weighted by Crippen LogP contribution is 2.40. The number of nitrogens with zero attached hydrogens (tertiary/aromatic N) is 2. The van der Waals surface area contributed by atoms with Gasteiger partial charge in [-0.2, -0.15) is 0 Å². The average Bonchev–Trinajstić information content (AvgIpc) is 3.57. The molecule has 6 nitrogen and oxygen atoms in total. The van der Waals surface area contributed by atoms with Gasteiger partial charge in [-0.3, -0.25) is 0 Å². The smallest absolute Gasteiger partial charge is 0.359 e. The van der Waals surface area contributed by atoms with Crippen LogP contribution >= 0.6 is 11.3 Å². The van der Waals surface area contributed by atoms with E-state index in [0.29, 0.717) is 17.6 Å². The SMILES string of the molecule is CCCCCOC(=O)C1(c2nccs2)CN=C(Nc2c3c(cc4c2CCC4)CCC3)O1. The lowest BCUT2D eigenvalue weighted by atomic mass is 9.99. The molecule has 164 valence electrons. The van der Waals surface area contributed by atoms with E-state index in [1.165, 1.54) is 46.4 Å². The second-order valence-electron chi connectivity index (χ2n) is 8.59. The number of fused-ring (bicyclic) bond motifs is 2. The molecule has 1 atom stereocenters. The molecule has 2 aliphatic carbocycles. The van der Waals surface area contributed by atoms with E-state index in [4.69, 9.17) is 9.47 Å². The van der Waals surface area contributed by atoms with Crippen LogP contribution in [0.15, 0.2) is 22.6 Å². The van der Waals surface area contributed by atoms with Crippen molar-refractivity contribution in [2.75, 3.05) is 18.5 Å². The summed E-state index contributed by atoms with van der Waals surface area (Å²) in [6.45, 7) is 2.71. The van der Waals surface area contributed by atoms with Gasteiger partial charge in [0.1, 0.15) is 6.54 Å². The fraction of sp³-hybridized carbons (Fsp3) is 0.542. The van der Waals surface area contributed by atoms with Crippen LogP contribution in [0.1, 0.15) is 66.3 Å². The number of aromatic nitrogens is 1. The van der Waals surface area contributed by atoms with Gasteiger partial charge in [-0.25, -0.2) is 14.8 Å². The number of unbranched alkanes of at least 4 members (excludes halogenated alkanes) is 2. The fourth-order valence-corrected chi connectivity index (χ4v) is 5.67. The first-order valence-electron chi connectivity index (χ1n) is 11.5. The highest BCUT2D eigenvalue weighted by Gasteiger charge is 2.51. The Labute approximate surface area is 187 Å². The van der Waals surface area contributed by atoms with Crippen molar-refractivity contribution in [2.24, 2.45) is 4.99 Å². The van der Waals surface area contributed by atoms with Crippen molar-refractivity contribution in [1.29, 1.82) is 0 Å². The van der Waals surface area contributed by atoms with Crippen molar-refractivity contribution in [3.05, 3.63) is 44.9 Å². The number of hydrogen-bond donors (Lipinski definition) is 1. The predicted octanol–water partition coefficient (Wildman–Crippen LogP) is 4.55. The van der Waals surface area contributed by atoms with Gasteiger partial charge in [-0.1, -0.05) is 25.8 Å². The minimum absolute atomic E-state index is 0.187. The molecule has 1 unspecified atom stereocenters. The van der Waals surface area contributed by atoms with Gasteiger partial charge in [0, 0.05) is 17.3 Å². The summed E-state index contributed by atoms with van der Waals surface area (Å²) in [4.78, 5) is 22.1. The molecule has 7 heteroatoms. The molecular formula is C24H29N3O3S. The lowest BCUT2D eigenvalue weighted by molar-refractivity contribution is -0.162. The predicted molar refractivity (Wildman–Crippen MR) is 122 cm³/mol. The Bertz CT molecular complexity index is 970. The molecule has 0 bridgehead atoms. The molecule has 0 spiro atoms. The number of thiazole rings is 1. The number of carbonyl (C=O) groups is 1. The van der Waals surface area contributed by atoms with E-state index in [9.17, 15) is 4.79 Å². The van der Waals surface area contributed by atoms with Crippen LogP contribution in [-0.2, 0) is 45.6 Å². The number of ether oxygens (including phenoxy) is 2. The van der Waals surface area contributed by atoms with E-state index in [2.05, 4.69) is 28.3 Å². The van der Waals surface area contributed by atoms with E-state index in [1.54, 1.807) is 6.20 Å². The largest absolute Gasteiger partial charge is 0.462 e. The number of carbonyl (C=O) groups excluding carboxylic acids is 1. The molecule has 0 saturated carbocycles. The summed E-state index contributed by atoms with van der Waals surface area (Å²) in [6, 6.07) is 2.80. The summed E-state index contributed by atoms with van der Waals surface area (Å²) in [7, 11) is 0. The molecule has 3 aliphatic rings. The van der Waals surface area contributed by atoms with Crippen molar-refractivity contribution in [3.8, 4) is 0 Å². The maximum atomic E-state index is 13.1. The number of nitrogens with one attached hydrogen (secondary N) is 1.